The van der Waals surface area contributed by atoms with Crippen LogP contribution >= 0.6 is 0 Å². The quantitative estimate of drug-likeness (QED) is 0.707. The maximum atomic E-state index is 12.1. The number of carbonyl (C=O) groups is 2. The molecule has 0 aromatic rings. The average molecular weight is 213 g/mol. The number of amides is 2. The van der Waals surface area contributed by atoms with Crippen molar-refractivity contribution in [3.63, 3.8) is 0 Å². The van der Waals surface area contributed by atoms with E-state index in [2.05, 4.69) is 0 Å². The van der Waals surface area contributed by atoms with Crippen LogP contribution in [0.15, 0.2) is 0 Å². The molecular formula is C11H19NO3. The van der Waals surface area contributed by atoms with Crippen LogP contribution in [0.4, 0.5) is 0 Å². The van der Waals surface area contributed by atoms with Gasteiger partial charge in [0.05, 0.1) is 18.1 Å². The van der Waals surface area contributed by atoms with E-state index >= 15 is 0 Å². The summed E-state index contributed by atoms with van der Waals surface area (Å²) in [5.41, 5.74) is -0.513. The highest BCUT2D eigenvalue weighted by molar-refractivity contribution is 6.06. The van der Waals surface area contributed by atoms with Crippen LogP contribution < -0.4 is 0 Å². The van der Waals surface area contributed by atoms with E-state index in [4.69, 9.17) is 5.11 Å². The second-order valence-corrected chi connectivity index (χ2v) is 4.26. The maximum Gasteiger partial charge on any atom is 0.236 e. The van der Waals surface area contributed by atoms with Crippen molar-refractivity contribution in [2.75, 3.05) is 6.61 Å². The van der Waals surface area contributed by atoms with Gasteiger partial charge in [0.1, 0.15) is 0 Å². The van der Waals surface area contributed by atoms with Crippen molar-refractivity contribution < 1.29 is 14.7 Å². The van der Waals surface area contributed by atoms with Crippen molar-refractivity contribution in [1.82, 2.24) is 4.90 Å². The Hall–Kier alpha value is -0.900. The van der Waals surface area contributed by atoms with Gasteiger partial charge in [0.2, 0.25) is 11.8 Å². The molecule has 0 radical (unpaired) electrons. The molecule has 4 nitrogen and oxygen atoms in total. The summed E-state index contributed by atoms with van der Waals surface area (Å²) in [6.07, 6.45) is 1.66. The van der Waals surface area contributed by atoms with E-state index in [-0.39, 0.29) is 18.4 Å². The SMILES string of the molecule is CCC1(CC)CC(=O)N([C@H](C)CO)C1=O. The number of aliphatic hydroxyl groups is 1. The molecule has 1 aliphatic heterocycles. The van der Waals surface area contributed by atoms with E-state index in [1.165, 1.54) is 4.90 Å². The molecule has 0 aliphatic carbocycles. The number of rotatable bonds is 4. The van der Waals surface area contributed by atoms with Gasteiger partial charge >= 0.3 is 0 Å². The number of carbonyl (C=O) groups excluding carboxylic acids is 2. The van der Waals surface area contributed by atoms with Crippen molar-refractivity contribution in [3.05, 3.63) is 0 Å². The molecule has 1 heterocycles. The monoisotopic (exact) mass is 213 g/mol. The fourth-order valence-corrected chi connectivity index (χ4v) is 2.15. The van der Waals surface area contributed by atoms with Crippen molar-refractivity contribution >= 4 is 11.8 Å². The van der Waals surface area contributed by atoms with Crippen molar-refractivity contribution in [3.8, 4) is 0 Å². The normalized spacial score (nSPS) is 22.3. The van der Waals surface area contributed by atoms with Crippen LogP contribution in [0.5, 0.6) is 0 Å². The number of nitrogens with zero attached hydrogens (tertiary/aromatic N) is 1. The van der Waals surface area contributed by atoms with Gasteiger partial charge in [-0.1, -0.05) is 13.8 Å². The summed E-state index contributed by atoms with van der Waals surface area (Å²) in [6, 6.07) is -0.398. The fraction of sp³-hybridized carbons (Fsp3) is 0.818. The summed E-state index contributed by atoms with van der Waals surface area (Å²) >= 11 is 0. The van der Waals surface area contributed by atoms with Crippen LogP contribution in [-0.4, -0.2) is 34.5 Å². The molecule has 4 heteroatoms. The summed E-state index contributed by atoms with van der Waals surface area (Å²) < 4.78 is 0. The van der Waals surface area contributed by atoms with E-state index in [0.29, 0.717) is 19.3 Å². The first-order chi connectivity index (χ1) is 7.02. The largest absolute Gasteiger partial charge is 0.394 e. The Morgan fingerprint density at radius 3 is 2.27 bits per heavy atom. The Balaban J connectivity index is 2.97. The second-order valence-electron chi connectivity index (χ2n) is 4.26. The highest BCUT2D eigenvalue weighted by atomic mass is 16.3. The smallest absolute Gasteiger partial charge is 0.236 e. The van der Waals surface area contributed by atoms with Gasteiger partial charge in [0, 0.05) is 6.42 Å². The molecule has 1 aliphatic rings. The first-order valence-corrected chi connectivity index (χ1v) is 5.49. The molecule has 0 unspecified atom stereocenters. The highest BCUT2D eigenvalue weighted by Gasteiger charge is 2.50. The van der Waals surface area contributed by atoms with Crippen LogP contribution in [0.2, 0.25) is 0 Å². The minimum atomic E-state index is -0.513. The molecule has 1 rings (SSSR count). The van der Waals surface area contributed by atoms with Crippen LogP contribution in [-0.2, 0) is 9.59 Å². The van der Waals surface area contributed by atoms with E-state index in [1.807, 2.05) is 13.8 Å². The molecule has 15 heavy (non-hydrogen) atoms. The summed E-state index contributed by atoms with van der Waals surface area (Å²) in [5.74, 6) is -0.260. The fourth-order valence-electron chi connectivity index (χ4n) is 2.15. The lowest BCUT2D eigenvalue weighted by molar-refractivity contribution is -0.144. The molecule has 0 aromatic heterocycles. The number of imide groups is 1. The zero-order valence-electron chi connectivity index (χ0n) is 9.62. The van der Waals surface area contributed by atoms with E-state index in [0.717, 1.165) is 0 Å². The number of hydrogen-bond acceptors (Lipinski definition) is 3. The molecule has 0 saturated carbocycles. The van der Waals surface area contributed by atoms with Crippen molar-refractivity contribution in [1.29, 1.82) is 0 Å². The summed E-state index contributed by atoms with van der Waals surface area (Å²) in [6.45, 7) is 5.39. The van der Waals surface area contributed by atoms with Crippen LogP contribution in [0, 0.1) is 5.41 Å². The van der Waals surface area contributed by atoms with Gasteiger partial charge in [0.15, 0.2) is 0 Å². The molecule has 1 fully saturated rings. The van der Waals surface area contributed by atoms with Gasteiger partial charge in [-0.3, -0.25) is 14.5 Å². The van der Waals surface area contributed by atoms with Crippen molar-refractivity contribution in [2.45, 2.75) is 46.1 Å². The second kappa shape index (κ2) is 4.31. The lowest BCUT2D eigenvalue weighted by Crippen LogP contribution is -2.42. The molecule has 2 amide bonds. The van der Waals surface area contributed by atoms with Gasteiger partial charge in [-0.2, -0.15) is 0 Å². The molecule has 0 bridgehead atoms. The predicted molar refractivity (Wildman–Crippen MR) is 56.0 cm³/mol. The maximum absolute atomic E-state index is 12.1. The number of likely N-dealkylation sites (tertiary alicyclic amines) is 1. The zero-order chi connectivity index (χ0) is 11.6. The van der Waals surface area contributed by atoms with Gasteiger partial charge in [-0.15, -0.1) is 0 Å². The Kier molecular flexibility index (Phi) is 3.50. The molecule has 1 atom stereocenters. The lowest BCUT2D eigenvalue weighted by Gasteiger charge is -2.26. The van der Waals surface area contributed by atoms with E-state index < -0.39 is 11.5 Å². The van der Waals surface area contributed by atoms with Gasteiger partial charge in [-0.05, 0) is 19.8 Å². The third-order valence-electron chi connectivity index (χ3n) is 3.49. The van der Waals surface area contributed by atoms with Crippen LogP contribution in [0.3, 0.4) is 0 Å². The zero-order valence-corrected chi connectivity index (χ0v) is 9.62. The first kappa shape index (κ1) is 12.2. The first-order valence-electron chi connectivity index (χ1n) is 5.49. The molecule has 86 valence electrons. The molecule has 0 spiro atoms. The average Bonchev–Trinajstić information content (AvgIpc) is 2.50. The lowest BCUT2D eigenvalue weighted by atomic mass is 9.81. The molecule has 1 N–H and O–H groups in total. The number of hydrogen-bond donors (Lipinski definition) is 1. The van der Waals surface area contributed by atoms with E-state index in [9.17, 15) is 9.59 Å². The minimum Gasteiger partial charge on any atom is -0.394 e. The topological polar surface area (TPSA) is 57.6 Å². The van der Waals surface area contributed by atoms with Gasteiger partial charge in [-0.25, -0.2) is 0 Å². The Bertz CT molecular complexity index is 271. The third-order valence-corrected chi connectivity index (χ3v) is 3.49. The van der Waals surface area contributed by atoms with Crippen LogP contribution in [0.25, 0.3) is 0 Å². The summed E-state index contributed by atoms with van der Waals surface area (Å²) in [5, 5.41) is 9.00. The Labute approximate surface area is 90.3 Å². The molecule has 0 aromatic carbocycles. The van der Waals surface area contributed by atoms with E-state index in [1.54, 1.807) is 6.92 Å². The van der Waals surface area contributed by atoms with Crippen molar-refractivity contribution in [2.24, 2.45) is 5.41 Å². The Morgan fingerprint density at radius 1 is 1.40 bits per heavy atom. The van der Waals surface area contributed by atoms with Gasteiger partial charge < -0.3 is 5.11 Å². The molecule has 1 saturated heterocycles. The number of aliphatic hydroxyl groups excluding tert-OH is 1. The van der Waals surface area contributed by atoms with Crippen LogP contribution in [0.1, 0.15) is 40.0 Å². The Morgan fingerprint density at radius 2 is 1.93 bits per heavy atom. The summed E-state index contributed by atoms with van der Waals surface area (Å²) in [4.78, 5) is 25.0. The standard InChI is InChI=1S/C11H19NO3/c1-4-11(5-2)6-9(14)12(10(11)15)8(3)7-13/h8,13H,4-7H2,1-3H3/t8-/m1/s1. The molecular weight excluding hydrogens is 194 g/mol. The predicted octanol–water partition coefficient (Wildman–Crippen LogP) is 0.932. The summed E-state index contributed by atoms with van der Waals surface area (Å²) in [7, 11) is 0. The van der Waals surface area contributed by atoms with Gasteiger partial charge in [0.25, 0.3) is 0 Å². The highest BCUT2D eigenvalue weighted by Crippen LogP contribution is 2.39. The minimum absolute atomic E-state index is 0.112. The third kappa shape index (κ3) is 1.78.